The molecule has 1 aliphatic heterocycles. The van der Waals surface area contributed by atoms with Crippen LogP contribution in [0, 0.1) is 6.92 Å². The van der Waals surface area contributed by atoms with Crippen molar-refractivity contribution in [3.8, 4) is 5.88 Å². The lowest BCUT2D eigenvalue weighted by Crippen LogP contribution is -2.42. The van der Waals surface area contributed by atoms with Crippen LogP contribution < -0.4 is 15.0 Å². The Labute approximate surface area is 128 Å². The lowest BCUT2D eigenvalue weighted by Gasteiger charge is -2.29. The van der Waals surface area contributed by atoms with E-state index < -0.39 is 0 Å². The average Bonchev–Trinajstić information content (AvgIpc) is 2.94. The van der Waals surface area contributed by atoms with Gasteiger partial charge in [-0.15, -0.1) is 0 Å². The van der Waals surface area contributed by atoms with E-state index in [1.54, 1.807) is 0 Å². The molecule has 1 saturated heterocycles. The first-order chi connectivity index (χ1) is 10.1. The summed E-state index contributed by atoms with van der Waals surface area (Å²) in [6.45, 7) is 11.2. The number of nitrogens with zero attached hydrogens (tertiary/aromatic N) is 3. The number of aryl methyl sites for hydroxylation is 1. The summed E-state index contributed by atoms with van der Waals surface area (Å²) in [7, 11) is 0. The minimum atomic E-state index is 0.369. The van der Waals surface area contributed by atoms with Crippen LogP contribution in [-0.4, -0.2) is 41.7 Å². The Morgan fingerprint density at radius 1 is 1.43 bits per heavy atom. The molecule has 1 aromatic rings. The van der Waals surface area contributed by atoms with Crippen LogP contribution in [0.2, 0.25) is 0 Å². The molecule has 2 heterocycles. The van der Waals surface area contributed by atoms with Gasteiger partial charge in [0.1, 0.15) is 0 Å². The zero-order valence-electron chi connectivity index (χ0n) is 13.7. The molecule has 5 nitrogen and oxygen atoms in total. The van der Waals surface area contributed by atoms with Crippen LogP contribution in [0.1, 0.15) is 45.7 Å². The van der Waals surface area contributed by atoms with Gasteiger partial charge in [-0.25, -0.2) is 4.98 Å². The smallest absolute Gasteiger partial charge is 0.229 e. The minimum absolute atomic E-state index is 0.369. The van der Waals surface area contributed by atoms with Crippen LogP contribution >= 0.6 is 0 Å². The monoisotopic (exact) mass is 292 g/mol. The molecule has 1 atom stereocenters. The highest BCUT2D eigenvalue weighted by atomic mass is 16.5. The molecule has 1 aliphatic rings. The SMILES string of the molecule is CCCOc1cc(C)nc(N(CC2CCCN2)C(C)C)n1. The van der Waals surface area contributed by atoms with E-state index >= 15 is 0 Å². The predicted molar refractivity (Wildman–Crippen MR) is 86.1 cm³/mol. The van der Waals surface area contributed by atoms with E-state index in [-0.39, 0.29) is 0 Å². The van der Waals surface area contributed by atoms with Crippen molar-refractivity contribution < 1.29 is 4.74 Å². The van der Waals surface area contributed by atoms with Gasteiger partial charge in [0.15, 0.2) is 0 Å². The first kappa shape index (κ1) is 16.0. The van der Waals surface area contributed by atoms with Crippen molar-refractivity contribution in [3.05, 3.63) is 11.8 Å². The Morgan fingerprint density at radius 3 is 2.86 bits per heavy atom. The average molecular weight is 292 g/mol. The first-order valence-corrected chi connectivity index (χ1v) is 8.08. The van der Waals surface area contributed by atoms with E-state index in [4.69, 9.17) is 4.74 Å². The van der Waals surface area contributed by atoms with Gasteiger partial charge in [0.2, 0.25) is 11.8 Å². The fourth-order valence-corrected chi connectivity index (χ4v) is 2.61. The van der Waals surface area contributed by atoms with E-state index in [9.17, 15) is 0 Å². The van der Waals surface area contributed by atoms with Crippen LogP contribution in [0.15, 0.2) is 6.07 Å². The zero-order chi connectivity index (χ0) is 15.2. The van der Waals surface area contributed by atoms with Gasteiger partial charge < -0.3 is 15.0 Å². The van der Waals surface area contributed by atoms with Crippen LogP contribution in [0.4, 0.5) is 5.95 Å². The van der Waals surface area contributed by atoms with Gasteiger partial charge >= 0.3 is 0 Å². The third kappa shape index (κ3) is 4.56. The van der Waals surface area contributed by atoms with E-state index in [1.807, 2.05) is 13.0 Å². The fraction of sp³-hybridized carbons (Fsp3) is 0.750. The lowest BCUT2D eigenvalue weighted by atomic mass is 10.2. The molecule has 1 fully saturated rings. The van der Waals surface area contributed by atoms with Crippen molar-refractivity contribution in [2.24, 2.45) is 0 Å². The number of aromatic nitrogens is 2. The maximum absolute atomic E-state index is 5.68. The maximum Gasteiger partial charge on any atom is 0.229 e. The van der Waals surface area contributed by atoms with E-state index in [1.165, 1.54) is 12.8 Å². The predicted octanol–water partition coefficient (Wildman–Crippen LogP) is 2.54. The van der Waals surface area contributed by atoms with Crippen LogP contribution in [-0.2, 0) is 0 Å². The van der Waals surface area contributed by atoms with Crippen LogP contribution in [0.5, 0.6) is 5.88 Å². The normalized spacial score (nSPS) is 18.2. The number of hydrogen-bond donors (Lipinski definition) is 1. The molecule has 0 bridgehead atoms. The Balaban J connectivity index is 2.15. The molecular weight excluding hydrogens is 264 g/mol. The van der Waals surface area contributed by atoms with Crippen LogP contribution in [0.25, 0.3) is 0 Å². The Morgan fingerprint density at radius 2 is 2.24 bits per heavy atom. The highest BCUT2D eigenvalue weighted by Gasteiger charge is 2.22. The molecule has 1 N–H and O–H groups in total. The molecule has 0 radical (unpaired) electrons. The number of hydrogen-bond acceptors (Lipinski definition) is 5. The highest BCUT2D eigenvalue weighted by Crippen LogP contribution is 2.19. The number of anilines is 1. The summed E-state index contributed by atoms with van der Waals surface area (Å²) in [4.78, 5) is 11.5. The molecule has 2 rings (SSSR count). The lowest BCUT2D eigenvalue weighted by molar-refractivity contribution is 0.304. The molecule has 0 spiro atoms. The molecule has 1 unspecified atom stereocenters. The van der Waals surface area contributed by atoms with Gasteiger partial charge in [0.25, 0.3) is 0 Å². The molecule has 0 amide bonds. The standard InChI is InChI=1S/C16H28N4O/c1-5-9-21-15-10-13(4)18-16(19-15)20(12(2)3)11-14-7-6-8-17-14/h10,12,14,17H,5-9,11H2,1-4H3. The molecule has 0 saturated carbocycles. The second kappa shape index (κ2) is 7.59. The summed E-state index contributed by atoms with van der Waals surface area (Å²) >= 11 is 0. The van der Waals surface area contributed by atoms with E-state index in [0.717, 1.165) is 31.2 Å². The molecule has 0 aromatic carbocycles. The van der Waals surface area contributed by atoms with Crippen molar-refractivity contribution in [1.82, 2.24) is 15.3 Å². The molecule has 5 heteroatoms. The fourth-order valence-electron chi connectivity index (χ4n) is 2.61. The second-order valence-electron chi connectivity index (χ2n) is 6.04. The molecular formula is C16H28N4O. The van der Waals surface area contributed by atoms with E-state index in [0.29, 0.717) is 24.6 Å². The Hall–Kier alpha value is -1.36. The van der Waals surface area contributed by atoms with Gasteiger partial charge in [-0.1, -0.05) is 6.92 Å². The number of ether oxygens (including phenoxy) is 1. The van der Waals surface area contributed by atoms with E-state index in [2.05, 4.69) is 41.0 Å². The zero-order valence-corrected chi connectivity index (χ0v) is 13.7. The van der Waals surface area contributed by atoms with Gasteiger partial charge in [0.05, 0.1) is 6.61 Å². The van der Waals surface area contributed by atoms with Gasteiger partial charge in [0, 0.05) is 30.4 Å². The van der Waals surface area contributed by atoms with Crippen molar-refractivity contribution in [3.63, 3.8) is 0 Å². The molecule has 0 aliphatic carbocycles. The van der Waals surface area contributed by atoms with Gasteiger partial charge in [-0.05, 0) is 46.6 Å². The summed E-state index contributed by atoms with van der Waals surface area (Å²) in [5, 5.41) is 3.55. The summed E-state index contributed by atoms with van der Waals surface area (Å²) in [5.74, 6) is 1.47. The summed E-state index contributed by atoms with van der Waals surface area (Å²) in [6.07, 6.45) is 3.47. The highest BCUT2D eigenvalue weighted by molar-refractivity contribution is 5.35. The summed E-state index contributed by atoms with van der Waals surface area (Å²) in [6, 6.07) is 2.82. The van der Waals surface area contributed by atoms with Gasteiger partial charge in [-0.3, -0.25) is 0 Å². The first-order valence-electron chi connectivity index (χ1n) is 8.08. The maximum atomic E-state index is 5.68. The molecule has 21 heavy (non-hydrogen) atoms. The van der Waals surface area contributed by atoms with Crippen molar-refractivity contribution in [2.75, 3.05) is 24.6 Å². The summed E-state index contributed by atoms with van der Waals surface area (Å²) < 4.78 is 5.68. The number of rotatable bonds is 7. The van der Waals surface area contributed by atoms with Crippen LogP contribution in [0.3, 0.4) is 0 Å². The molecule has 118 valence electrons. The number of nitrogens with one attached hydrogen (secondary N) is 1. The Bertz CT molecular complexity index is 444. The Kier molecular flexibility index (Phi) is 5.79. The quantitative estimate of drug-likeness (QED) is 0.837. The third-order valence-corrected chi connectivity index (χ3v) is 3.73. The third-order valence-electron chi connectivity index (χ3n) is 3.73. The van der Waals surface area contributed by atoms with Crippen molar-refractivity contribution in [2.45, 2.75) is 59.0 Å². The summed E-state index contributed by atoms with van der Waals surface area (Å²) in [5.41, 5.74) is 0.955. The molecule has 1 aromatic heterocycles. The largest absolute Gasteiger partial charge is 0.478 e. The van der Waals surface area contributed by atoms with Crippen molar-refractivity contribution >= 4 is 5.95 Å². The van der Waals surface area contributed by atoms with Crippen molar-refractivity contribution in [1.29, 1.82) is 0 Å². The second-order valence-corrected chi connectivity index (χ2v) is 6.04. The minimum Gasteiger partial charge on any atom is -0.478 e. The topological polar surface area (TPSA) is 50.3 Å². The van der Waals surface area contributed by atoms with Gasteiger partial charge in [-0.2, -0.15) is 4.98 Å².